The van der Waals surface area contributed by atoms with Crippen LogP contribution in [0.5, 0.6) is 0 Å². The lowest BCUT2D eigenvalue weighted by Crippen LogP contribution is -2.34. The maximum absolute atomic E-state index is 11.7. The van der Waals surface area contributed by atoms with E-state index in [1.807, 2.05) is 24.3 Å². The Morgan fingerprint density at radius 3 is 2.12 bits per heavy atom. The van der Waals surface area contributed by atoms with Gasteiger partial charge in [0.25, 0.3) is 0 Å². The van der Waals surface area contributed by atoms with Gasteiger partial charge >= 0.3 is 6.09 Å². The van der Waals surface area contributed by atoms with Crippen LogP contribution in [0.25, 0.3) is 11.1 Å². The van der Waals surface area contributed by atoms with Crippen molar-refractivity contribution in [3.63, 3.8) is 0 Å². The summed E-state index contributed by atoms with van der Waals surface area (Å²) in [5.41, 5.74) is 4.82. The topological polar surface area (TPSA) is 57.6 Å². The van der Waals surface area contributed by atoms with E-state index in [1.54, 1.807) is 0 Å². The van der Waals surface area contributed by atoms with Crippen molar-refractivity contribution in [1.82, 2.24) is 4.90 Å². The van der Waals surface area contributed by atoms with E-state index in [1.165, 1.54) is 27.2 Å². The Bertz CT molecular complexity index is 711. The summed E-state index contributed by atoms with van der Waals surface area (Å²) in [6.45, 7) is 0.978. The maximum atomic E-state index is 11.7. The van der Waals surface area contributed by atoms with Crippen LogP contribution in [0.3, 0.4) is 0 Å². The Kier molecular flexibility index (Phi) is 5.49. The molecule has 0 radical (unpaired) electrons. The van der Waals surface area contributed by atoms with Crippen LogP contribution in [-0.2, 0) is 4.79 Å². The number of fused-ring (bicyclic) bond motifs is 3. The Balaban J connectivity index is 1.76. The molecule has 0 aromatic heterocycles. The molecule has 2 aromatic carbocycles. The number of hydrogen-bond donors (Lipinski definition) is 1. The molecule has 0 spiro atoms. The molecule has 4 nitrogen and oxygen atoms in total. The molecule has 3 rings (SSSR count). The molecule has 1 aliphatic carbocycles. The van der Waals surface area contributed by atoms with E-state index in [0.29, 0.717) is 19.5 Å². The number of carbonyl (C=O) groups excluding carboxylic acids is 1. The molecular weight excluding hydrogens is 314 g/mol. The zero-order chi connectivity index (χ0) is 17.6. The van der Waals surface area contributed by atoms with Gasteiger partial charge in [-0.1, -0.05) is 55.0 Å². The number of unbranched alkanes of at least 4 members (excludes halogenated alkanes) is 3. The van der Waals surface area contributed by atoms with Crippen LogP contribution in [-0.4, -0.2) is 35.5 Å². The highest BCUT2D eigenvalue weighted by molar-refractivity contribution is 5.79. The molecule has 0 aliphatic heterocycles. The van der Waals surface area contributed by atoms with E-state index in [4.69, 9.17) is 0 Å². The maximum Gasteiger partial charge on any atom is 0.407 e. The van der Waals surface area contributed by atoms with Crippen LogP contribution in [0.2, 0.25) is 0 Å². The third-order valence-corrected chi connectivity index (χ3v) is 4.89. The minimum absolute atomic E-state index is 0.0819. The van der Waals surface area contributed by atoms with E-state index >= 15 is 0 Å². The summed E-state index contributed by atoms with van der Waals surface area (Å²) in [5.74, 6) is 0.0819. The fourth-order valence-corrected chi connectivity index (χ4v) is 3.65. The Morgan fingerprint density at radius 2 is 1.56 bits per heavy atom. The second-order valence-electron chi connectivity index (χ2n) is 6.47. The van der Waals surface area contributed by atoms with Gasteiger partial charge in [-0.25, -0.2) is 4.79 Å². The van der Waals surface area contributed by atoms with Gasteiger partial charge in [0.15, 0.2) is 0 Å². The molecule has 0 saturated carbocycles. The van der Waals surface area contributed by atoms with Gasteiger partial charge in [-0.05, 0) is 35.1 Å². The van der Waals surface area contributed by atoms with Gasteiger partial charge in [0.1, 0.15) is 6.29 Å². The second kappa shape index (κ2) is 7.97. The van der Waals surface area contributed by atoms with Crippen molar-refractivity contribution in [3.8, 4) is 11.1 Å². The lowest BCUT2D eigenvalue weighted by atomic mass is 9.96. The van der Waals surface area contributed by atoms with Crippen molar-refractivity contribution >= 4 is 12.4 Å². The van der Waals surface area contributed by atoms with Gasteiger partial charge in [0, 0.05) is 25.4 Å². The first kappa shape index (κ1) is 17.2. The lowest BCUT2D eigenvalue weighted by Gasteiger charge is -2.24. The highest BCUT2D eigenvalue weighted by Crippen LogP contribution is 2.44. The average Bonchev–Trinajstić information content (AvgIpc) is 2.94. The Hall–Kier alpha value is -2.62. The molecule has 0 unspecified atom stereocenters. The molecule has 0 atom stereocenters. The van der Waals surface area contributed by atoms with E-state index in [9.17, 15) is 14.7 Å². The van der Waals surface area contributed by atoms with Crippen LogP contribution in [0, 0.1) is 0 Å². The molecule has 1 aliphatic rings. The van der Waals surface area contributed by atoms with Crippen molar-refractivity contribution in [2.45, 2.75) is 31.6 Å². The fraction of sp³-hybridized carbons (Fsp3) is 0.333. The Morgan fingerprint density at radius 1 is 0.960 bits per heavy atom. The quantitative estimate of drug-likeness (QED) is 0.568. The lowest BCUT2D eigenvalue weighted by molar-refractivity contribution is -0.107. The number of carbonyl (C=O) groups is 2. The van der Waals surface area contributed by atoms with Gasteiger partial charge in [-0.15, -0.1) is 0 Å². The number of amides is 1. The molecule has 4 heteroatoms. The van der Waals surface area contributed by atoms with Gasteiger partial charge < -0.3 is 14.8 Å². The molecule has 0 heterocycles. The summed E-state index contributed by atoms with van der Waals surface area (Å²) in [6.07, 6.45) is 3.08. The molecule has 130 valence electrons. The van der Waals surface area contributed by atoms with E-state index in [0.717, 1.165) is 25.5 Å². The molecule has 0 bridgehead atoms. The summed E-state index contributed by atoms with van der Waals surface area (Å²) in [5, 5.41) is 9.60. The number of benzene rings is 2. The highest BCUT2D eigenvalue weighted by Gasteiger charge is 2.30. The minimum Gasteiger partial charge on any atom is -0.465 e. The zero-order valence-corrected chi connectivity index (χ0v) is 14.2. The monoisotopic (exact) mass is 337 g/mol. The predicted octanol–water partition coefficient (Wildman–Crippen LogP) is 4.54. The summed E-state index contributed by atoms with van der Waals surface area (Å²) in [7, 11) is 0. The second-order valence-corrected chi connectivity index (χ2v) is 6.47. The van der Waals surface area contributed by atoms with E-state index < -0.39 is 6.09 Å². The van der Waals surface area contributed by atoms with Gasteiger partial charge in [0.2, 0.25) is 0 Å². The number of carboxylic acid groups (broad SMARTS) is 1. The van der Waals surface area contributed by atoms with Gasteiger partial charge in [-0.2, -0.15) is 0 Å². The molecule has 2 aromatic rings. The third kappa shape index (κ3) is 3.73. The van der Waals surface area contributed by atoms with Crippen molar-refractivity contribution in [2.24, 2.45) is 0 Å². The molecule has 0 fully saturated rings. The third-order valence-electron chi connectivity index (χ3n) is 4.89. The largest absolute Gasteiger partial charge is 0.465 e. The molecule has 1 N–H and O–H groups in total. The normalized spacial score (nSPS) is 12.5. The predicted molar refractivity (Wildman–Crippen MR) is 97.9 cm³/mol. The van der Waals surface area contributed by atoms with Crippen LogP contribution in [0.1, 0.15) is 42.7 Å². The van der Waals surface area contributed by atoms with Gasteiger partial charge in [-0.3, -0.25) is 0 Å². The average molecular weight is 337 g/mol. The first-order valence-corrected chi connectivity index (χ1v) is 8.82. The highest BCUT2D eigenvalue weighted by atomic mass is 16.4. The number of hydrogen-bond acceptors (Lipinski definition) is 2. The van der Waals surface area contributed by atoms with Gasteiger partial charge in [0.05, 0.1) is 0 Å². The Labute approximate surface area is 148 Å². The van der Waals surface area contributed by atoms with Crippen molar-refractivity contribution < 1.29 is 14.7 Å². The molecule has 0 saturated heterocycles. The minimum atomic E-state index is -0.878. The summed E-state index contributed by atoms with van der Waals surface area (Å²) in [6, 6.07) is 16.5. The standard InChI is InChI=1S/C21H23NO3/c23-14-8-2-1-7-13-22(21(24)25)15-20-18-11-5-3-9-16(18)17-10-4-6-12-19(17)20/h3-6,9-12,14,20H,1-2,7-8,13,15H2,(H,24,25). The summed E-state index contributed by atoms with van der Waals surface area (Å²) >= 11 is 0. The van der Waals surface area contributed by atoms with Crippen LogP contribution < -0.4 is 0 Å². The number of rotatable bonds is 8. The van der Waals surface area contributed by atoms with Crippen molar-refractivity contribution in [2.75, 3.05) is 13.1 Å². The molecule has 25 heavy (non-hydrogen) atoms. The first-order chi connectivity index (χ1) is 12.2. The molecular formula is C21H23NO3. The first-order valence-electron chi connectivity index (χ1n) is 8.82. The molecule has 1 amide bonds. The number of nitrogens with zero attached hydrogens (tertiary/aromatic N) is 1. The summed E-state index contributed by atoms with van der Waals surface area (Å²) in [4.78, 5) is 23.6. The smallest absolute Gasteiger partial charge is 0.407 e. The zero-order valence-electron chi connectivity index (χ0n) is 14.2. The van der Waals surface area contributed by atoms with E-state index in [2.05, 4.69) is 24.3 Å². The van der Waals surface area contributed by atoms with Crippen molar-refractivity contribution in [3.05, 3.63) is 59.7 Å². The van der Waals surface area contributed by atoms with Crippen molar-refractivity contribution in [1.29, 1.82) is 0 Å². The number of aldehydes is 1. The SMILES string of the molecule is O=CCCCCCN(CC1c2ccccc2-c2ccccc21)C(=O)O. The van der Waals surface area contributed by atoms with Crippen LogP contribution >= 0.6 is 0 Å². The van der Waals surface area contributed by atoms with Crippen LogP contribution in [0.4, 0.5) is 4.79 Å². The fourth-order valence-electron chi connectivity index (χ4n) is 3.65. The van der Waals surface area contributed by atoms with Crippen LogP contribution in [0.15, 0.2) is 48.5 Å². The van der Waals surface area contributed by atoms with E-state index in [-0.39, 0.29) is 5.92 Å². The summed E-state index contributed by atoms with van der Waals surface area (Å²) < 4.78 is 0.